The predicted molar refractivity (Wildman–Crippen MR) is 55.4 cm³/mol. The van der Waals surface area contributed by atoms with Crippen molar-refractivity contribution in [2.24, 2.45) is 0 Å². The Kier molecular flexibility index (Phi) is 2.96. The van der Waals surface area contributed by atoms with E-state index in [0.717, 1.165) is 0 Å². The van der Waals surface area contributed by atoms with Crippen LogP contribution < -0.4 is 5.38 Å². The molecular weight excluding hydrogens is 183 g/mol. The van der Waals surface area contributed by atoms with E-state index in [4.69, 9.17) is 4.42 Å². The van der Waals surface area contributed by atoms with Crippen molar-refractivity contribution >= 4 is 13.8 Å². The van der Waals surface area contributed by atoms with Crippen molar-refractivity contribution in [2.45, 2.75) is 38.8 Å². The molecule has 1 rings (SSSR count). The van der Waals surface area contributed by atoms with E-state index < -0.39 is 8.41 Å². The van der Waals surface area contributed by atoms with Gasteiger partial charge in [-0.15, -0.1) is 0 Å². The Labute approximate surface area is 80.1 Å². The van der Waals surface area contributed by atoms with Crippen molar-refractivity contribution in [3.63, 3.8) is 0 Å². The van der Waals surface area contributed by atoms with E-state index in [1.54, 1.807) is 18.4 Å². The Hall–Kier alpha value is -0.573. The maximum Gasteiger partial charge on any atom is 0.320 e. The summed E-state index contributed by atoms with van der Waals surface area (Å²) in [6, 6.07) is 3.54. The fraction of sp³-hybridized carbons (Fsp3) is 0.600. The number of hydrogen-bond donors (Lipinski definition) is 0. The van der Waals surface area contributed by atoms with E-state index in [1.165, 1.54) is 0 Å². The van der Waals surface area contributed by atoms with Gasteiger partial charge in [0.1, 0.15) is 5.38 Å². The number of hydrogen-bond acceptors (Lipinski definition) is 1. The largest absolute Gasteiger partial charge is 0.471 e. The molecule has 0 spiro atoms. The highest BCUT2D eigenvalue weighted by Gasteiger charge is 2.46. The molecule has 3 heteroatoms. The van der Waals surface area contributed by atoms with E-state index in [-0.39, 0.29) is 11.1 Å². The number of halogens is 1. The Balaban J connectivity index is 3.06. The molecule has 1 nitrogen and oxygen atoms in total. The van der Waals surface area contributed by atoms with Gasteiger partial charge in [-0.2, -0.15) is 0 Å². The van der Waals surface area contributed by atoms with Crippen LogP contribution in [0.3, 0.4) is 0 Å². The minimum atomic E-state index is -2.89. The van der Waals surface area contributed by atoms with E-state index >= 15 is 0 Å². The summed E-state index contributed by atoms with van der Waals surface area (Å²) in [5.74, 6) is 0. The van der Waals surface area contributed by atoms with E-state index in [1.807, 2.05) is 27.7 Å². The Morgan fingerprint density at radius 3 is 2.08 bits per heavy atom. The maximum absolute atomic E-state index is 14.6. The molecule has 1 aromatic rings. The van der Waals surface area contributed by atoms with Gasteiger partial charge in [0.15, 0.2) is 0 Å². The molecule has 0 unspecified atom stereocenters. The second-order valence-corrected chi connectivity index (χ2v) is 8.39. The van der Waals surface area contributed by atoms with Gasteiger partial charge in [-0.3, -0.25) is 0 Å². The molecule has 0 atom stereocenters. The first-order valence-electron chi connectivity index (χ1n) is 4.72. The lowest BCUT2D eigenvalue weighted by molar-refractivity contribution is 0.569. The van der Waals surface area contributed by atoms with Crippen LogP contribution in [-0.4, -0.2) is 8.41 Å². The summed E-state index contributed by atoms with van der Waals surface area (Å²) in [6.45, 7) is 7.76. The summed E-state index contributed by atoms with van der Waals surface area (Å²) in [7, 11) is -2.89. The average molecular weight is 200 g/mol. The highest BCUT2D eigenvalue weighted by atomic mass is 28.4. The molecular formula is C10H17FOSi. The lowest BCUT2D eigenvalue weighted by Crippen LogP contribution is -2.48. The summed E-state index contributed by atoms with van der Waals surface area (Å²) in [5.41, 5.74) is 0.136. The third kappa shape index (κ3) is 1.70. The first-order chi connectivity index (χ1) is 5.99. The SMILES string of the molecule is CC(C)[Si](F)(c1ccco1)C(C)C. The van der Waals surface area contributed by atoms with Crippen LogP contribution in [0.1, 0.15) is 27.7 Å². The van der Waals surface area contributed by atoms with E-state index in [9.17, 15) is 4.11 Å². The van der Waals surface area contributed by atoms with Crippen molar-refractivity contribution in [1.82, 2.24) is 0 Å². The van der Waals surface area contributed by atoms with Crippen LogP contribution in [0.25, 0.3) is 0 Å². The second kappa shape index (κ2) is 3.66. The molecule has 0 aliphatic carbocycles. The van der Waals surface area contributed by atoms with Gasteiger partial charge in [-0.1, -0.05) is 27.7 Å². The van der Waals surface area contributed by atoms with Gasteiger partial charge in [0.2, 0.25) is 0 Å². The van der Waals surface area contributed by atoms with Gasteiger partial charge < -0.3 is 8.52 Å². The van der Waals surface area contributed by atoms with Crippen molar-refractivity contribution < 1.29 is 8.52 Å². The zero-order valence-electron chi connectivity index (χ0n) is 8.67. The first-order valence-corrected chi connectivity index (χ1v) is 6.75. The summed E-state index contributed by atoms with van der Waals surface area (Å²) in [4.78, 5) is 0. The zero-order valence-corrected chi connectivity index (χ0v) is 9.67. The highest BCUT2D eigenvalue weighted by Crippen LogP contribution is 2.33. The lowest BCUT2D eigenvalue weighted by atomic mass is 10.5. The molecule has 0 saturated carbocycles. The maximum atomic E-state index is 14.6. The summed E-state index contributed by atoms with van der Waals surface area (Å²) >= 11 is 0. The molecule has 1 aromatic heterocycles. The van der Waals surface area contributed by atoms with Crippen LogP contribution in [-0.2, 0) is 0 Å². The van der Waals surface area contributed by atoms with Crippen LogP contribution in [0.5, 0.6) is 0 Å². The predicted octanol–water partition coefficient (Wildman–Crippen LogP) is 3.22. The van der Waals surface area contributed by atoms with Crippen LogP contribution in [0.2, 0.25) is 11.1 Å². The van der Waals surface area contributed by atoms with Crippen molar-refractivity contribution in [1.29, 1.82) is 0 Å². The zero-order chi connectivity index (χ0) is 10.1. The quantitative estimate of drug-likeness (QED) is 0.539. The molecule has 0 aliphatic rings. The smallest absolute Gasteiger partial charge is 0.320 e. The third-order valence-electron chi connectivity index (χ3n) is 2.58. The normalized spacial score (nSPS) is 12.8. The summed E-state index contributed by atoms with van der Waals surface area (Å²) in [5, 5.41) is 0.581. The van der Waals surface area contributed by atoms with Crippen LogP contribution in [0, 0.1) is 0 Å². The van der Waals surface area contributed by atoms with Crippen LogP contribution >= 0.6 is 0 Å². The first kappa shape index (κ1) is 10.5. The average Bonchev–Trinajstić information content (AvgIpc) is 2.54. The summed E-state index contributed by atoms with van der Waals surface area (Å²) < 4.78 is 19.9. The highest BCUT2D eigenvalue weighted by molar-refractivity contribution is 6.87. The topological polar surface area (TPSA) is 13.1 Å². The minimum Gasteiger partial charge on any atom is -0.471 e. The molecule has 0 bridgehead atoms. The van der Waals surface area contributed by atoms with Crippen molar-refractivity contribution in [2.75, 3.05) is 0 Å². The standard InChI is InChI=1S/C10H17FOSi/c1-8(2)13(11,9(3)4)10-6-5-7-12-10/h5-9H,1-4H3. The Bertz CT molecular complexity index is 246. The van der Waals surface area contributed by atoms with Crippen LogP contribution in [0.15, 0.2) is 22.8 Å². The van der Waals surface area contributed by atoms with Gasteiger partial charge in [0, 0.05) is 0 Å². The van der Waals surface area contributed by atoms with Crippen LogP contribution in [0.4, 0.5) is 4.11 Å². The minimum absolute atomic E-state index is 0.0682. The van der Waals surface area contributed by atoms with Gasteiger partial charge in [-0.05, 0) is 23.2 Å². The fourth-order valence-corrected chi connectivity index (χ4v) is 4.80. The van der Waals surface area contributed by atoms with Gasteiger partial charge >= 0.3 is 8.41 Å². The summed E-state index contributed by atoms with van der Waals surface area (Å²) in [6.07, 6.45) is 1.56. The Morgan fingerprint density at radius 1 is 1.23 bits per heavy atom. The molecule has 0 amide bonds. The molecule has 0 radical (unpaired) electrons. The van der Waals surface area contributed by atoms with Gasteiger partial charge in [-0.25, -0.2) is 0 Å². The monoisotopic (exact) mass is 200 g/mol. The molecule has 0 aliphatic heterocycles. The number of furan rings is 1. The van der Waals surface area contributed by atoms with E-state index in [0.29, 0.717) is 5.38 Å². The lowest BCUT2D eigenvalue weighted by Gasteiger charge is -2.27. The third-order valence-corrected chi connectivity index (χ3v) is 6.98. The van der Waals surface area contributed by atoms with Gasteiger partial charge in [0.05, 0.1) is 6.26 Å². The molecule has 0 fully saturated rings. The molecule has 0 aromatic carbocycles. The van der Waals surface area contributed by atoms with Crippen molar-refractivity contribution in [3.8, 4) is 0 Å². The molecule has 74 valence electrons. The fourth-order valence-electron chi connectivity index (χ4n) is 1.73. The van der Waals surface area contributed by atoms with E-state index in [2.05, 4.69) is 0 Å². The second-order valence-electron chi connectivity index (χ2n) is 4.05. The molecule has 13 heavy (non-hydrogen) atoms. The molecule has 0 saturated heterocycles. The molecule has 1 heterocycles. The van der Waals surface area contributed by atoms with Crippen molar-refractivity contribution in [3.05, 3.63) is 18.4 Å². The Morgan fingerprint density at radius 2 is 1.77 bits per heavy atom. The van der Waals surface area contributed by atoms with Gasteiger partial charge in [0.25, 0.3) is 0 Å². The molecule has 0 N–H and O–H groups in total. The number of rotatable bonds is 3.